The number of hydrogen-bond acceptors (Lipinski definition) is 7. The second-order valence-corrected chi connectivity index (χ2v) is 6.46. The summed E-state index contributed by atoms with van der Waals surface area (Å²) in [4.78, 5) is 39.8. The average Bonchev–Trinajstić information content (AvgIpc) is 2.61. The number of nitrogens with one attached hydrogen (secondary N) is 2. The molecule has 0 radical (unpaired) electrons. The van der Waals surface area contributed by atoms with Gasteiger partial charge in [0, 0.05) is 6.54 Å². The van der Waals surface area contributed by atoms with Crippen molar-refractivity contribution in [3.8, 4) is 0 Å². The molecule has 0 aromatic heterocycles. The maximum Gasteiger partial charge on any atom is 0.326 e. The molecule has 28 heavy (non-hydrogen) atoms. The normalized spacial score (nSPS) is 15.0. The van der Waals surface area contributed by atoms with Gasteiger partial charge in [0.1, 0.15) is 18.1 Å². The van der Waals surface area contributed by atoms with Gasteiger partial charge >= 0.3 is 5.97 Å². The second kappa shape index (κ2) is 13.7. The molecular formula is C16H33N7O5. The molecule has 0 rings (SSSR count). The number of nitrogens with zero attached hydrogens (tertiary/aromatic N) is 1. The number of aliphatic hydroxyl groups excluding tert-OH is 1. The first kappa shape index (κ1) is 25.6. The van der Waals surface area contributed by atoms with Gasteiger partial charge in [-0.05, 0) is 45.6 Å². The second-order valence-electron chi connectivity index (χ2n) is 6.46. The minimum absolute atomic E-state index is 0.105. The highest BCUT2D eigenvalue weighted by atomic mass is 16.4. The smallest absolute Gasteiger partial charge is 0.326 e. The van der Waals surface area contributed by atoms with Crippen LogP contribution in [-0.2, 0) is 14.4 Å². The third-order valence-electron chi connectivity index (χ3n) is 3.96. The van der Waals surface area contributed by atoms with Crippen LogP contribution in [0.1, 0.15) is 39.0 Å². The number of aliphatic carboxylic acids is 1. The molecule has 0 heterocycles. The fourth-order valence-corrected chi connectivity index (χ4v) is 2.28. The lowest BCUT2D eigenvalue weighted by Crippen LogP contribution is -2.56. The van der Waals surface area contributed by atoms with Crippen LogP contribution < -0.4 is 33.6 Å². The van der Waals surface area contributed by atoms with Crippen LogP contribution in [0, 0.1) is 0 Å². The highest BCUT2D eigenvalue weighted by Crippen LogP contribution is 2.05. The number of carboxylic acid groups (broad SMARTS) is 1. The van der Waals surface area contributed by atoms with Crippen LogP contribution in [0.4, 0.5) is 0 Å². The summed E-state index contributed by atoms with van der Waals surface area (Å²) >= 11 is 0. The predicted molar refractivity (Wildman–Crippen MR) is 104 cm³/mol. The number of guanidine groups is 1. The Morgan fingerprint density at radius 1 is 1.00 bits per heavy atom. The van der Waals surface area contributed by atoms with Gasteiger partial charge in [-0.2, -0.15) is 0 Å². The van der Waals surface area contributed by atoms with E-state index < -0.39 is 42.0 Å². The number of rotatable bonds is 14. The van der Waals surface area contributed by atoms with Crippen molar-refractivity contribution in [2.75, 3.05) is 13.1 Å². The Labute approximate surface area is 164 Å². The van der Waals surface area contributed by atoms with E-state index in [0.29, 0.717) is 25.8 Å². The van der Waals surface area contributed by atoms with Gasteiger partial charge < -0.3 is 43.8 Å². The van der Waals surface area contributed by atoms with Crippen molar-refractivity contribution in [3.05, 3.63) is 0 Å². The van der Waals surface area contributed by atoms with Crippen molar-refractivity contribution in [2.45, 2.75) is 63.3 Å². The van der Waals surface area contributed by atoms with Crippen LogP contribution in [0.2, 0.25) is 0 Å². The van der Waals surface area contributed by atoms with Crippen LogP contribution in [0.5, 0.6) is 0 Å². The number of nitrogens with two attached hydrogens (primary N) is 4. The maximum absolute atomic E-state index is 12.5. The van der Waals surface area contributed by atoms with Crippen molar-refractivity contribution in [2.24, 2.45) is 27.9 Å². The van der Waals surface area contributed by atoms with E-state index in [-0.39, 0.29) is 25.3 Å². The number of carbonyl (C=O) groups is 3. The van der Waals surface area contributed by atoms with Crippen molar-refractivity contribution >= 4 is 23.7 Å². The molecule has 0 aliphatic rings. The highest BCUT2D eigenvalue weighted by molar-refractivity contribution is 5.91. The van der Waals surface area contributed by atoms with E-state index in [1.54, 1.807) is 0 Å². The van der Waals surface area contributed by atoms with Gasteiger partial charge in [-0.25, -0.2) is 4.79 Å². The minimum Gasteiger partial charge on any atom is -0.480 e. The van der Waals surface area contributed by atoms with E-state index in [9.17, 15) is 24.6 Å². The van der Waals surface area contributed by atoms with Crippen LogP contribution in [-0.4, -0.2) is 71.3 Å². The summed E-state index contributed by atoms with van der Waals surface area (Å²) < 4.78 is 0. The third kappa shape index (κ3) is 10.6. The fraction of sp³-hybridized carbons (Fsp3) is 0.750. The zero-order valence-corrected chi connectivity index (χ0v) is 16.1. The summed E-state index contributed by atoms with van der Waals surface area (Å²) in [6.07, 6.45) is 0.749. The van der Waals surface area contributed by atoms with Crippen molar-refractivity contribution in [1.82, 2.24) is 10.6 Å². The molecule has 162 valence electrons. The lowest BCUT2D eigenvalue weighted by molar-refractivity contribution is -0.142. The number of aliphatic hydroxyl groups is 1. The molecule has 0 aromatic carbocycles. The molecule has 0 saturated heterocycles. The quantitative estimate of drug-likeness (QED) is 0.0833. The molecule has 12 N–H and O–H groups in total. The number of amides is 2. The lowest BCUT2D eigenvalue weighted by atomic mass is 10.1. The van der Waals surface area contributed by atoms with E-state index in [1.165, 1.54) is 6.92 Å². The van der Waals surface area contributed by atoms with Crippen molar-refractivity contribution < 1.29 is 24.6 Å². The molecule has 0 aliphatic heterocycles. The number of aliphatic imine (C=N–C) groups is 1. The topological polar surface area (TPSA) is 232 Å². The first-order valence-corrected chi connectivity index (χ1v) is 9.12. The van der Waals surface area contributed by atoms with Gasteiger partial charge in [0.05, 0.1) is 6.10 Å². The lowest BCUT2D eigenvalue weighted by Gasteiger charge is -2.23. The Hall–Kier alpha value is -2.44. The summed E-state index contributed by atoms with van der Waals surface area (Å²) in [6, 6.07) is -3.39. The van der Waals surface area contributed by atoms with Gasteiger partial charge in [-0.1, -0.05) is 0 Å². The van der Waals surface area contributed by atoms with E-state index in [2.05, 4.69) is 15.6 Å². The largest absolute Gasteiger partial charge is 0.480 e. The summed E-state index contributed by atoms with van der Waals surface area (Å²) in [5.74, 6) is -2.69. The zero-order valence-electron chi connectivity index (χ0n) is 16.1. The minimum atomic E-state index is -1.23. The van der Waals surface area contributed by atoms with E-state index in [4.69, 9.17) is 22.9 Å². The van der Waals surface area contributed by atoms with Crippen LogP contribution in [0.15, 0.2) is 4.99 Å². The first-order chi connectivity index (χ1) is 13.1. The van der Waals surface area contributed by atoms with Gasteiger partial charge in [0.2, 0.25) is 11.8 Å². The molecule has 0 aromatic rings. The van der Waals surface area contributed by atoms with Gasteiger partial charge in [-0.3, -0.25) is 14.6 Å². The molecule has 0 unspecified atom stereocenters. The van der Waals surface area contributed by atoms with Gasteiger partial charge in [-0.15, -0.1) is 0 Å². The summed E-state index contributed by atoms with van der Waals surface area (Å²) in [6.45, 7) is 1.99. The Morgan fingerprint density at radius 2 is 1.57 bits per heavy atom. The third-order valence-corrected chi connectivity index (χ3v) is 3.96. The van der Waals surface area contributed by atoms with Gasteiger partial charge in [0.15, 0.2) is 5.96 Å². The van der Waals surface area contributed by atoms with Crippen molar-refractivity contribution in [1.29, 1.82) is 0 Å². The number of carboxylic acids is 1. The molecule has 12 heteroatoms. The van der Waals surface area contributed by atoms with Crippen LogP contribution in [0.3, 0.4) is 0 Å². The molecule has 0 bridgehead atoms. The van der Waals surface area contributed by atoms with Gasteiger partial charge in [0.25, 0.3) is 0 Å². The van der Waals surface area contributed by atoms with E-state index in [0.717, 1.165) is 0 Å². The molecule has 0 aliphatic carbocycles. The van der Waals surface area contributed by atoms with Crippen molar-refractivity contribution in [3.63, 3.8) is 0 Å². The Balaban J connectivity index is 5.06. The number of carbonyl (C=O) groups excluding carboxylic acids is 2. The molecule has 0 spiro atoms. The van der Waals surface area contributed by atoms with Crippen LogP contribution in [0.25, 0.3) is 0 Å². The maximum atomic E-state index is 12.5. The molecule has 4 atom stereocenters. The van der Waals surface area contributed by atoms with E-state index >= 15 is 0 Å². The molecule has 2 amide bonds. The first-order valence-electron chi connectivity index (χ1n) is 9.12. The highest BCUT2D eigenvalue weighted by Gasteiger charge is 2.28. The van der Waals surface area contributed by atoms with Crippen LogP contribution >= 0.6 is 0 Å². The predicted octanol–water partition coefficient (Wildman–Crippen LogP) is -3.07. The Bertz CT molecular complexity index is 537. The average molecular weight is 403 g/mol. The fourth-order valence-electron chi connectivity index (χ4n) is 2.28. The standard InChI is InChI=1S/C16H33N7O5/c1-9(24)12(18)14(26)22-10(6-4-8-21-16(19)20)13(25)23-11(15(27)28)5-2-3-7-17/h9-12,24H,2-8,17-18H2,1H3,(H,22,26)(H,23,25)(H,27,28)(H4,19,20,21)/t9-,10+,11+,12+/m1/s1. The van der Waals surface area contributed by atoms with E-state index in [1.807, 2.05) is 0 Å². The summed E-state index contributed by atoms with van der Waals surface area (Å²) in [5.41, 5.74) is 21.5. The summed E-state index contributed by atoms with van der Waals surface area (Å²) in [5, 5.41) is 23.6. The Morgan fingerprint density at radius 3 is 2.07 bits per heavy atom. The monoisotopic (exact) mass is 403 g/mol. The Kier molecular flexibility index (Phi) is 12.5. The summed E-state index contributed by atoms with van der Waals surface area (Å²) in [7, 11) is 0. The molecule has 0 fully saturated rings. The zero-order chi connectivity index (χ0) is 21.7. The number of hydrogen-bond donors (Lipinski definition) is 8. The number of unbranched alkanes of at least 4 members (excludes halogenated alkanes) is 1. The molecular weight excluding hydrogens is 370 g/mol. The molecule has 0 saturated carbocycles. The SMILES string of the molecule is C[C@@H](O)[C@H](N)C(=O)N[C@@H](CCCN=C(N)N)C(=O)N[C@@H](CCCCN)C(=O)O. The molecule has 12 nitrogen and oxygen atoms in total.